The number of para-hydroxylation sites is 4. The summed E-state index contributed by atoms with van der Waals surface area (Å²) in [5.74, 6) is 0. The van der Waals surface area contributed by atoms with E-state index in [4.69, 9.17) is 25.9 Å². The highest BCUT2D eigenvalue weighted by molar-refractivity contribution is 7.86. The third-order valence-corrected chi connectivity index (χ3v) is 15.7. The molecule has 0 fully saturated rings. The van der Waals surface area contributed by atoms with Gasteiger partial charge in [-0.25, -0.2) is 16.8 Å². The second kappa shape index (κ2) is 22.9. The van der Waals surface area contributed by atoms with Gasteiger partial charge in [0.05, 0.1) is 11.1 Å². The number of rotatable bonds is 8. The highest BCUT2D eigenvalue weighted by atomic mass is 32.2. The average Bonchev–Trinajstić information content (AvgIpc) is 1.75. The van der Waals surface area contributed by atoms with E-state index in [1.54, 1.807) is 0 Å². The Morgan fingerprint density at radius 2 is 0.679 bits per heavy atom. The number of nitrogens with zero attached hydrogens (tertiary/aromatic N) is 2. The molecule has 0 spiro atoms. The summed E-state index contributed by atoms with van der Waals surface area (Å²) in [5.41, 5.74) is 10.3. The average molecular weight is 1180 g/mol. The molecule has 5 aromatic carbocycles. The summed E-state index contributed by atoms with van der Waals surface area (Å²) >= 11 is 0. The molecule has 84 heavy (non-hydrogen) atoms. The van der Waals surface area contributed by atoms with E-state index in [9.17, 15) is 26.3 Å². The second-order valence-corrected chi connectivity index (χ2v) is 23.0. The van der Waals surface area contributed by atoms with Crippen molar-refractivity contribution in [1.82, 2.24) is 19.9 Å². The van der Waals surface area contributed by atoms with Crippen LogP contribution in [0.3, 0.4) is 0 Å². The number of nitrogens with one attached hydrogen (secondary N) is 4. The minimum absolute atomic E-state index is 0.920. The molecule has 20 heteroatoms. The van der Waals surface area contributed by atoms with Crippen LogP contribution < -0.4 is 9.13 Å². The van der Waals surface area contributed by atoms with Crippen LogP contribution in [0.15, 0.2) is 158 Å². The number of H-pyrrole nitrogens is 4. The van der Waals surface area contributed by atoms with Crippen molar-refractivity contribution in [2.24, 2.45) is 0 Å². The molecule has 2 aliphatic rings. The van der Waals surface area contributed by atoms with Gasteiger partial charge in [0.15, 0.2) is 20.2 Å². The molecule has 13 rings (SSSR count). The molecular weight excluding hydrogens is 1130 g/mol. The first-order valence-electron chi connectivity index (χ1n) is 26.5. The third kappa shape index (κ3) is 12.5. The molecule has 0 amide bonds. The topological polar surface area (TPSA) is 185 Å². The molecule has 2 aliphatic heterocycles. The van der Waals surface area contributed by atoms with Crippen molar-refractivity contribution < 1.29 is 61.4 Å². The van der Waals surface area contributed by atoms with E-state index in [0.717, 1.165) is 94.7 Å². The molecule has 0 atom stereocenters. The van der Waals surface area contributed by atoms with Gasteiger partial charge in [-0.2, -0.15) is 35.5 Å². The van der Waals surface area contributed by atoms with Gasteiger partial charge >= 0.3 is 11.0 Å². The number of hydrogen-bond donors (Lipinski definition) is 4. The van der Waals surface area contributed by atoms with Crippen molar-refractivity contribution >= 4 is 112 Å². The number of aromatic nitrogens is 6. The summed E-state index contributed by atoms with van der Waals surface area (Å²) < 4.78 is 123. The monoisotopic (exact) mass is 1180 g/mol. The first-order chi connectivity index (χ1) is 40.1. The van der Waals surface area contributed by atoms with Crippen LogP contribution in [0.2, 0.25) is 0 Å². The third-order valence-electron chi connectivity index (χ3n) is 14.5. The van der Waals surface area contributed by atoms with Crippen molar-refractivity contribution in [3.05, 3.63) is 214 Å². The lowest BCUT2D eigenvalue weighted by molar-refractivity contribution is -0.689. The predicted octanol–water partition coefficient (Wildman–Crippen LogP) is 14.2. The highest BCUT2D eigenvalue weighted by Crippen LogP contribution is 2.41. The van der Waals surface area contributed by atoms with E-state index in [2.05, 4.69) is 235 Å². The number of alkyl halides is 6. The fourth-order valence-electron chi connectivity index (χ4n) is 10.7. The normalized spacial score (nSPS) is 13.9. The summed E-state index contributed by atoms with van der Waals surface area (Å²) in [6, 6.07) is 57.4. The minimum atomic E-state index is -6.09. The molecule has 0 saturated heterocycles. The molecule has 0 unspecified atom stereocenters. The van der Waals surface area contributed by atoms with E-state index < -0.39 is 31.3 Å². The lowest BCUT2D eigenvalue weighted by atomic mass is 9.88. The number of aryl methyl sites for hydroxylation is 2. The SMILES string of the molecule is C(=C\c1cc2ccccc2[nH]1)/c1cc(/C=C/c2cc3ccccc3[nH]2)[n+]2c(c1)-c1c(ccc3c1-c1cc(/C=C/c4cc5ccccc5[nH]4)cc(/C=C/c4cc5ccccc5[nH]4)[n+]1CCC3)CCC2.O=S(=O)([O-])C(F)(F)F.O=S(=O)([O-])C(F)(F)F. The van der Waals surface area contributed by atoms with Crippen LogP contribution in [-0.2, 0) is 46.2 Å². The number of benzene rings is 5. The van der Waals surface area contributed by atoms with Crippen LogP contribution in [0.1, 0.15) is 69.3 Å². The standard InChI is InChI=1S/C62H48N6.2CHF3O3S/c1-5-17-55-45(11-1)37-49(63-55)25-21-41-33-53(29-27-51-39-47-13-3-7-19-57(47)65-51)67-31-9-15-43-23-24-44-16-10-32-68-54(30-28-52-40-48-14-4-8-20-58(48)66-52)34-42(36-60(68)62(44)61(43)59(67)35-41)22-26-50-38-46-12-2-6-18-56(46)64-50;2*2-1(3,4)8(5,6)7/h1-8,11-14,17-30,33-40H,9-10,15-16,31-32H2,(H2,63,64,65,66);2*(H,5,6,7). The molecule has 0 aliphatic carbocycles. The van der Waals surface area contributed by atoms with Crippen LogP contribution in [0.4, 0.5) is 26.3 Å². The first kappa shape index (κ1) is 56.8. The van der Waals surface area contributed by atoms with Crippen LogP contribution in [-0.4, -0.2) is 56.9 Å². The summed E-state index contributed by atoms with van der Waals surface area (Å²) in [4.78, 5) is 14.5. The molecule has 8 heterocycles. The number of hydrogen-bond acceptors (Lipinski definition) is 6. The fraction of sp³-hybridized carbons (Fsp3) is 0.125. The zero-order chi connectivity index (χ0) is 59.0. The molecule has 12 nitrogen and oxygen atoms in total. The fourth-order valence-corrected chi connectivity index (χ4v) is 10.7. The van der Waals surface area contributed by atoms with Gasteiger partial charge in [-0.3, -0.25) is 0 Å². The highest BCUT2D eigenvalue weighted by Gasteiger charge is 2.38. The van der Waals surface area contributed by atoms with E-state index in [-0.39, 0.29) is 0 Å². The summed E-state index contributed by atoms with van der Waals surface area (Å²) in [5, 5.41) is 4.86. The zero-order valence-corrected chi connectivity index (χ0v) is 45.9. The maximum atomic E-state index is 10.7. The Hall–Kier alpha value is -9.08. The van der Waals surface area contributed by atoms with E-state index in [1.165, 1.54) is 66.6 Å². The van der Waals surface area contributed by atoms with Gasteiger partial charge in [0, 0.05) is 94.1 Å². The lowest BCUT2D eigenvalue weighted by Crippen LogP contribution is -2.40. The van der Waals surface area contributed by atoms with Crippen LogP contribution in [0, 0.1) is 0 Å². The Morgan fingerprint density at radius 1 is 0.393 bits per heavy atom. The van der Waals surface area contributed by atoms with Gasteiger partial charge in [0.25, 0.3) is 0 Å². The lowest BCUT2D eigenvalue weighted by Gasteiger charge is -2.15. The van der Waals surface area contributed by atoms with Crippen LogP contribution in [0.5, 0.6) is 0 Å². The molecule has 11 aromatic rings. The molecule has 426 valence electrons. The van der Waals surface area contributed by atoms with Gasteiger partial charge in [-0.15, -0.1) is 0 Å². The Kier molecular flexibility index (Phi) is 15.5. The Balaban J connectivity index is 0.000000406. The van der Waals surface area contributed by atoms with Gasteiger partial charge in [-0.1, -0.05) is 97.1 Å². The number of fused-ring (bicyclic) bond motifs is 11. The molecule has 4 N–H and O–H groups in total. The Labute approximate surface area is 478 Å². The van der Waals surface area contributed by atoms with Crippen molar-refractivity contribution in [2.75, 3.05) is 0 Å². The van der Waals surface area contributed by atoms with E-state index in [1.807, 2.05) is 0 Å². The maximum absolute atomic E-state index is 10.7. The molecule has 0 saturated carbocycles. The quantitative estimate of drug-likeness (QED) is 0.0507. The van der Waals surface area contributed by atoms with Crippen LogP contribution in [0.25, 0.3) is 115 Å². The molecule has 0 bridgehead atoms. The smallest absolute Gasteiger partial charge is 0.485 e. The molecule has 6 aromatic heterocycles. The van der Waals surface area contributed by atoms with Gasteiger partial charge in [0.1, 0.15) is 13.1 Å². The first-order valence-corrected chi connectivity index (χ1v) is 29.3. The Bertz CT molecular complexity index is 4250. The van der Waals surface area contributed by atoms with Crippen molar-refractivity contribution in [3.63, 3.8) is 0 Å². The van der Waals surface area contributed by atoms with Gasteiger partial charge in [0.2, 0.25) is 22.8 Å². The number of pyridine rings is 2. The number of halogens is 6. The van der Waals surface area contributed by atoms with Crippen molar-refractivity contribution in [1.29, 1.82) is 0 Å². The molecular formula is C64H50F6N6O6S2. The Morgan fingerprint density at radius 3 is 0.964 bits per heavy atom. The van der Waals surface area contributed by atoms with Crippen LogP contribution >= 0.6 is 0 Å². The van der Waals surface area contributed by atoms with E-state index in [0.29, 0.717) is 0 Å². The van der Waals surface area contributed by atoms with E-state index >= 15 is 0 Å². The largest absolute Gasteiger partial charge is 0.741 e. The number of aromatic amines is 4. The second-order valence-electron chi connectivity index (χ2n) is 20.2. The molecule has 0 radical (unpaired) electrons. The maximum Gasteiger partial charge on any atom is 0.485 e. The van der Waals surface area contributed by atoms with Crippen molar-refractivity contribution in [2.45, 2.75) is 49.8 Å². The minimum Gasteiger partial charge on any atom is -0.741 e. The summed E-state index contributed by atoms with van der Waals surface area (Å²) in [7, 11) is -12.2. The predicted molar refractivity (Wildman–Crippen MR) is 315 cm³/mol. The summed E-state index contributed by atoms with van der Waals surface area (Å²) in [6.07, 6.45) is 22.2. The zero-order valence-electron chi connectivity index (χ0n) is 44.3. The van der Waals surface area contributed by atoms with Crippen molar-refractivity contribution in [3.8, 4) is 22.5 Å². The summed E-state index contributed by atoms with van der Waals surface area (Å²) in [6.45, 7) is 1.84. The van der Waals surface area contributed by atoms with Gasteiger partial charge in [-0.05, 0) is 129 Å². The van der Waals surface area contributed by atoms with Gasteiger partial charge < -0.3 is 29.0 Å².